The average molecular weight is 327 g/mol. The van der Waals surface area contributed by atoms with Crippen molar-refractivity contribution in [1.82, 2.24) is 5.32 Å². The van der Waals surface area contributed by atoms with E-state index in [1.165, 1.54) is 0 Å². The van der Waals surface area contributed by atoms with Crippen molar-refractivity contribution in [3.8, 4) is 0 Å². The van der Waals surface area contributed by atoms with E-state index in [9.17, 15) is 24.9 Å². The SMILES string of the molecule is O=C(NC1C(O)OC(C(=O)O)C(O)C1O)OCc1ccccc1. The second-order valence-corrected chi connectivity index (χ2v) is 5.00. The number of amides is 1. The predicted molar refractivity (Wildman–Crippen MR) is 74.1 cm³/mol. The van der Waals surface area contributed by atoms with Crippen LogP contribution in [0.15, 0.2) is 30.3 Å². The van der Waals surface area contributed by atoms with Gasteiger partial charge in [0.2, 0.25) is 0 Å². The number of hydrogen-bond acceptors (Lipinski definition) is 7. The van der Waals surface area contributed by atoms with Gasteiger partial charge in [0.05, 0.1) is 0 Å². The summed E-state index contributed by atoms with van der Waals surface area (Å²) in [6.45, 7) is -0.0350. The van der Waals surface area contributed by atoms with Gasteiger partial charge in [-0.05, 0) is 5.56 Å². The Balaban J connectivity index is 1.91. The number of hydrogen-bond donors (Lipinski definition) is 5. The second kappa shape index (κ2) is 7.38. The second-order valence-electron chi connectivity index (χ2n) is 5.00. The normalized spacial score (nSPS) is 30.5. The van der Waals surface area contributed by atoms with E-state index < -0.39 is 42.7 Å². The van der Waals surface area contributed by atoms with Crippen molar-refractivity contribution >= 4 is 12.1 Å². The third-order valence-corrected chi connectivity index (χ3v) is 3.36. The molecule has 0 radical (unpaired) electrons. The van der Waals surface area contributed by atoms with Gasteiger partial charge in [-0.2, -0.15) is 0 Å². The molecule has 1 amide bonds. The van der Waals surface area contributed by atoms with Crippen molar-refractivity contribution in [3.05, 3.63) is 35.9 Å². The Morgan fingerprint density at radius 2 is 1.78 bits per heavy atom. The highest BCUT2D eigenvalue weighted by molar-refractivity contribution is 5.73. The third kappa shape index (κ3) is 4.17. The first-order valence-corrected chi connectivity index (χ1v) is 6.80. The van der Waals surface area contributed by atoms with Crippen LogP contribution in [-0.4, -0.2) is 63.1 Å². The molecular weight excluding hydrogens is 310 g/mol. The highest BCUT2D eigenvalue weighted by Gasteiger charge is 2.47. The molecule has 1 saturated heterocycles. The fraction of sp³-hybridized carbons (Fsp3) is 0.429. The molecule has 126 valence electrons. The van der Waals surface area contributed by atoms with Crippen LogP contribution in [0.5, 0.6) is 0 Å². The predicted octanol–water partition coefficient (Wildman–Crippen LogP) is -1.19. The number of carboxylic acids is 1. The number of nitrogens with one attached hydrogen (secondary N) is 1. The zero-order chi connectivity index (χ0) is 17.0. The van der Waals surface area contributed by atoms with E-state index in [4.69, 9.17) is 9.84 Å². The first kappa shape index (κ1) is 17.2. The van der Waals surface area contributed by atoms with Crippen molar-refractivity contribution in [3.63, 3.8) is 0 Å². The summed E-state index contributed by atoms with van der Waals surface area (Å²) in [6, 6.07) is 7.38. The number of benzene rings is 1. The van der Waals surface area contributed by atoms with Crippen molar-refractivity contribution in [1.29, 1.82) is 0 Å². The van der Waals surface area contributed by atoms with Crippen molar-refractivity contribution in [2.75, 3.05) is 0 Å². The van der Waals surface area contributed by atoms with Crippen LogP contribution in [-0.2, 0) is 20.9 Å². The highest BCUT2D eigenvalue weighted by atomic mass is 16.6. The lowest BCUT2D eigenvalue weighted by atomic mass is 9.97. The number of aliphatic hydroxyl groups is 3. The molecule has 1 aromatic carbocycles. The fourth-order valence-electron chi connectivity index (χ4n) is 2.14. The monoisotopic (exact) mass is 327 g/mol. The van der Waals surface area contributed by atoms with Crippen LogP contribution in [0, 0.1) is 0 Å². The summed E-state index contributed by atoms with van der Waals surface area (Å²) >= 11 is 0. The van der Waals surface area contributed by atoms with Gasteiger partial charge in [0.1, 0.15) is 24.9 Å². The summed E-state index contributed by atoms with van der Waals surface area (Å²) in [4.78, 5) is 22.5. The zero-order valence-corrected chi connectivity index (χ0v) is 11.9. The van der Waals surface area contributed by atoms with E-state index in [1.54, 1.807) is 30.3 Å². The number of aliphatic hydroxyl groups excluding tert-OH is 3. The number of rotatable bonds is 4. The molecule has 5 unspecified atom stereocenters. The number of carboxylic acid groups (broad SMARTS) is 1. The minimum Gasteiger partial charge on any atom is -0.479 e. The van der Waals surface area contributed by atoms with Gasteiger partial charge >= 0.3 is 12.1 Å². The highest BCUT2D eigenvalue weighted by Crippen LogP contribution is 2.20. The van der Waals surface area contributed by atoms with Crippen molar-refractivity contribution in [2.45, 2.75) is 37.3 Å². The van der Waals surface area contributed by atoms with Crippen LogP contribution < -0.4 is 5.32 Å². The van der Waals surface area contributed by atoms with Gasteiger partial charge in [0.15, 0.2) is 12.4 Å². The van der Waals surface area contributed by atoms with E-state index in [2.05, 4.69) is 10.1 Å². The topological polar surface area (TPSA) is 146 Å². The Morgan fingerprint density at radius 1 is 1.13 bits per heavy atom. The molecule has 23 heavy (non-hydrogen) atoms. The van der Waals surface area contributed by atoms with E-state index in [-0.39, 0.29) is 6.61 Å². The lowest BCUT2D eigenvalue weighted by molar-refractivity contribution is -0.248. The van der Waals surface area contributed by atoms with E-state index in [0.29, 0.717) is 0 Å². The zero-order valence-electron chi connectivity index (χ0n) is 11.9. The van der Waals surface area contributed by atoms with Gasteiger partial charge in [-0.1, -0.05) is 30.3 Å². The minimum atomic E-state index is -1.81. The van der Waals surface area contributed by atoms with Crippen LogP contribution in [0.4, 0.5) is 4.79 Å². The largest absolute Gasteiger partial charge is 0.479 e. The molecule has 9 nitrogen and oxygen atoms in total. The Hall–Kier alpha value is -2.20. The van der Waals surface area contributed by atoms with Crippen molar-refractivity contribution in [2.24, 2.45) is 0 Å². The van der Waals surface area contributed by atoms with Crippen LogP contribution in [0.3, 0.4) is 0 Å². The van der Waals surface area contributed by atoms with Gasteiger partial charge < -0.3 is 35.2 Å². The summed E-state index contributed by atoms with van der Waals surface area (Å²) in [5, 5.41) is 40.1. The summed E-state index contributed by atoms with van der Waals surface area (Å²) in [5.41, 5.74) is 0.731. The maximum Gasteiger partial charge on any atom is 0.407 e. The van der Waals surface area contributed by atoms with Gasteiger partial charge in [-0.25, -0.2) is 9.59 Å². The molecule has 1 aliphatic rings. The number of alkyl carbamates (subject to hydrolysis) is 1. The Morgan fingerprint density at radius 3 is 2.39 bits per heavy atom. The molecule has 1 aromatic rings. The maximum absolute atomic E-state index is 11.7. The summed E-state index contributed by atoms with van der Waals surface area (Å²) in [6.07, 6.45) is -8.10. The molecule has 2 rings (SSSR count). The molecule has 0 bridgehead atoms. The molecule has 0 spiro atoms. The summed E-state index contributed by atoms with van der Waals surface area (Å²) < 4.78 is 9.59. The van der Waals surface area contributed by atoms with Gasteiger partial charge in [-0.15, -0.1) is 0 Å². The van der Waals surface area contributed by atoms with Gasteiger partial charge in [0, 0.05) is 0 Å². The third-order valence-electron chi connectivity index (χ3n) is 3.36. The molecule has 1 fully saturated rings. The molecular formula is C14H17NO8. The van der Waals surface area contributed by atoms with E-state index in [0.717, 1.165) is 5.56 Å². The lowest BCUT2D eigenvalue weighted by Gasteiger charge is -2.38. The molecule has 5 N–H and O–H groups in total. The number of carbonyl (C=O) groups excluding carboxylic acids is 1. The molecule has 0 aliphatic carbocycles. The smallest absolute Gasteiger partial charge is 0.407 e. The number of aliphatic carboxylic acids is 1. The van der Waals surface area contributed by atoms with Crippen LogP contribution >= 0.6 is 0 Å². The maximum atomic E-state index is 11.7. The standard InChI is InChI=1S/C14H17NO8/c16-9-8(13(20)23-11(10(9)17)12(18)19)15-14(21)22-6-7-4-2-1-3-5-7/h1-5,8-11,13,16-17,20H,6H2,(H,15,21)(H,18,19). The van der Waals surface area contributed by atoms with Gasteiger partial charge in [-0.3, -0.25) is 0 Å². The molecule has 0 saturated carbocycles. The minimum absolute atomic E-state index is 0.0350. The molecule has 1 heterocycles. The number of carbonyl (C=O) groups is 2. The van der Waals surface area contributed by atoms with Crippen LogP contribution in [0.1, 0.15) is 5.56 Å². The summed E-state index contributed by atoms with van der Waals surface area (Å²) in [5.74, 6) is -1.54. The Bertz CT molecular complexity index is 551. The quantitative estimate of drug-likeness (QED) is 0.464. The van der Waals surface area contributed by atoms with E-state index >= 15 is 0 Å². The molecule has 9 heteroatoms. The van der Waals surface area contributed by atoms with Crippen LogP contribution in [0.25, 0.3) is 0 Å². The Kier molecular flexibility index (Phi) is 5.50. The molecule has 5 atom stereocenters. The summed E-state index contributed by atoms with van der Waals surface area (Å²) in [7, 11) is 0. The average Bonchev–Trinajstić information content (AvgIpc) is 2.53. The van der Waals surface area contributed by atoms with Crippen molar-refractivity contribution < 1.29 is 39.5 Å². The number of ether oxygens (including phenoxy) is 2. The molecule has 0 aromatic heterocycles. The van der Waals surface area contributed by atoms with Gasteiger partial charge in [0.25, 0.3) is 0 Å². The first-order chi connectivity index (χ1) is 10.9. The fourth-order valence-corrected chi connectivity index (χ4v) is 2.14. The van der Waals surface area contributed by atoms with E-state index in [1.807, 2.05) is 0 Å². The lowest BCUT2D eigenvalue weighted by Crippen LogP contribution is -2.65. The Labute approximate surface area is 131 Å². The van der Waals surface area contributed by atoms with Crippen LogP contribution in [0.2, 0.25) is 0 Å². The first-order valence-electron chi connectivity index (χ1n) is 6.80. The molecule has 1 aliphatic heterocycles.